The number of hydrogen-bond donors (Lipinski definition) is 1. The van der Waals surface area contributed by atoms with Crippen LogP contribution in [0.4, 0.5) is 0 Å². The van der Waals surface area contributed by atoms with Crippen molar-refractivity contribution in [1.82, 2.24) is 0 Å². The minimum atomic E-state index is -0.777. The Labute approximate surface area is 113 Å². The van der Waals surface area contributed by atoms with Gasteiger partial charge in [0.25, 0.3) is 0 Å². The number of para-hydroxylation sites is 1. The molecular formula is C15H20O4. The minimum absolute atomic E-state index is 0.176. The van der Waals surface area contributed by atoms with Crippen molar-refractivity contribution in [3.63, 3.8) is 0 Å². The van der Waals surface area contributed by atoms with Gasteiger partial charge < -0.3 is 14.6 Å². The largest absolute Gasteiger partial charge is 0.490 e. The van der Waals surface area contributed by atoms with Crippen LogP contribution in [0, 0.1) is 5.92 Å². The topological polar surface area (TPSA) is 55.8 Å². The van der Waals surface area contributed by atoms with Gasteiger partial charge in [-0.2, -0.15) is 0 Å². The van der Waals surface area contributed by atoms with E-state index >= 15 is 0 Å². The van der Waals surface area contributed by atoms with Crippen molar-refractivity contribution in [2.24, 2.45) is 5.92 Å². The van der Waals surface area contributed by atoms with Gasteiger partial charge in [-0.1, -0.05) is 25.1 Å². The summed E-state index contributed by atoms with van der Waals surface area (Å²) in [6.45, 7) is 3.18. The molecule has 4 nitrogen and oxygen atoms in total. The molecule has 1 aliphatic heterocycles. The number of benzene rings is 1. The zero-order valence-electron chi connectivity index (χ0n) is 11.2. The molecule has 4 heteroatoms. The van der Waals surface area contributed by atoms with Crippen LogP contribution in [0.25, 0.3) is 0 Å². The molecule has 0 bridgehead atoms. The van der Waals surface area contributed by atoms with Gasteiger partial charge in [0.05, 0.1) is 19.1 Å². The third-order valence-electron chi connectivity index (χ3n) is 3.38. The highest BCUT2D eigenvalue weighted by atomic mass is 16.5. The van der Waals surface area contributed by atoms with Crippen molar-refractivity contribution in [2.45, 2.75) is 32.3 Å². The van der Waals surface area contributed by atoms with Crippen molar-refractivity contribution in [3.05, 3.63) is 29.8 Å². The highest BCUT2D eigenvalue weighted by Crippen LogP contribution is 2.24. The van der Waals surface area contributed by atoms with E-state index in [1.54, 1.807) is 6.92 Å². The Morgan fingerprint density at radius 2 is 2.11 bits per heavy atom. The predicted octanol–water partition coefficient (Wildman–Crippen LogP) is 2.51. The molecular weight excluding hydrogens is 244 g/mol. The van der Waals surface area contributed by atoms with Gasteiger partial charge in [-0.05, 0) is 18.1 Å². The molecule has 0 radical (unpaired) electrons. The number of carboxylic acid groups (broad SMARTS) is 1. The van der Waals surface area contributed by atoms with Gasteiger partial charge in [-0.15, -0.1) is 0 Å². The van der Waals surface area contributed by atoms with Gasteiger partial charge in [0.2, 0.25) is 0 Å². The zero-order valence-corrected chi connectivity index (χ0v) is 11.2. The van der Waals surface area contributed by atoms with Crippen LogP contribution in [0.5, 0.6) is 5.75 Å². The van der Waals surface area contributed by atoms with Crippen LogP contribution in [-0.2, 0) is 16.0 Å². The lowest BCUT2D eigenvalue weighted by molar-refractivity contribution is -0.141. The molecule has 2 rings (SSSR count). The molecule has 0 aliphatic carbocycles. The van der Waals surface area contributed by atoms with E-state index < -0.39 is 11.9 Å². The van der Waals surface area contributed by atoms with Crippen molar-refractivity contribution in [1.29, 1.82) is 0 Å². The predicted molar refractivity (Wildman–Crippen MR) is 71.4 cm³/mol. The summed E-state index contributed by atoms with van der Waals surface area (Å²) in [6, 6.07) is 7.69. The molecule has 1 aliphatic rings. The van der Waals surface area contributed by atoms with Crippen LogP contribution in [0.2, 0.25) is 0 Å². The van der Waals surface area contributed by atoms with Crippen molar-refractivity contribution in [2.75, 3.05) is 13.2 Å². The van der Waals surface area contributed by atoms with Gasteiger partial charge in [0.15, 0.2) is 0 Å². The number of carboxylic acids is 1. The SMILES string of the molecule is CC(Cc1ccccc1OC1CCOCC1)C(=O)O. The van der Waals surface area contributed by atoms with E-state index in [9.17, 15) is 4.79 Å². The number of hydrogen-bond acceptors (Lipinski definition) is 3. The van der Waals surface area contributed by atoms with Crippen LogP contribution in [-0.4, -0.2) is 30.4 Å². The average Bonchev–Trinajstić information content (AvgIpc) is 2.42. The molecule has 0 amide bonds. The molecule has 1 heterocycles. The Kier molecular flexibility index (Phi) is 4.80. The smallest absolute Gasteiger partial charge is 0.306 e. The summed E-state index contributed by atoms with van der Waals surface area (Å²) in [7, 11) is 0. The monoisotopic (exact) mass is 264 g/mol. The third-order valence-corrected chi connectivity index (χ3v) is 3.38. The van der Waals surface area contributed by atoms with Crippen molar-refractivity contribution < 1.29 is 19.4 Å². The van der Waals surface area contributed by atoms with Crippen LogP contribution in [0.1, 0.15) is 25.3 Å². The highest BCUT2D eigenvalue weighted by Gasteiger charge is 2.18. The molecule has 104 valence electrons. The van der Waals surface area contributed by atoms with E-state index in [4.69, 9.17) is 14.6 Å². The minimum Gasteiger partial charge on any atom is -0.490 e. The fourth-order valence-corrected chi connectivity index (χ4v) is 2.18. The maximum Gasteiger partial charge on any atom is 0.306 e. The number of aliphatic carboxylic acids is 1. The Bertz CT molecular complexity index is 424. The molecule has 1 N–H and O–H groups in total. The Morgan fingerprint density at radius 1 is 1.42 bits per heavy atom. The van der Waals surface area contributed by atoms with Crippen molar-refractivity contribution in [3.8, 4) is 5.75 Å². The third kappa shape index (κ3) is 3.96. The molecule has 1 fully saturated rings. The lowest BCUT2D eigenvalue weighted by atomic mass is 10.0. The summed E-state index contributed by atoms with van der Waals surface area (Å²) < 4.78 is 11.3. The van der Waals surface area contributed by atoms with E-state index in [0.717, 1.165) is 37.4 Å². The summed E-state index contributed by atoms with van der Waals surface area (Å²) in [5.41, 5.74) is 0.962. The van der Waals surface area contributed by atoms with Gasteiger partial charge in [-0.25, -0.2) is 0 Å². The Hall–Kier alpha value is -1.55. The first-order valence-corrected chi connectivity index (χ1v) is 6.72. The first-order valence-electron chi connectivity index (χ1n) is 6.72. The van der Waals surface area contributed by atoms with E-state index in [1.807, 2.05) is 24.3 Å². The number of rotatable bonds is 5. The summed E-state index contributed by atoms with van der Waals surface area (Å²) in [6.07, 6.45) is 2.45. The molecule has 19 heavy (non-hydrogen) atoms. The summed E-state index contributed by atoms with van der Waals surface area (Å²) >= 11 is 0. The normalized spacial score (nSPS) is 17.9. The van der Waals surface area contributed by atoms with Crippen LogP contribution < -0.4 is 4.74 Å². The molecule has 0 spiro atoms. The van der Waals surface area contributed by atoms with Gasteiger partial charge >= 0.3 is 5.97 Å². The maximum absolute atomic E-state index is 10.9. The number of carbonyl (C=O) groups is 1. The lowest BCUT2D eigenvalue weighted by Gasteiger charge is -2.24. The first kappa shape index (κ1) is 13.9. The Morgan fingerprint density at radius 3 is 2.79 bits per heavy atom. The lowest BCUT2D eigenvalue weighted by Crippen LogP contribution is -2.26. The molecule has 0 aromatic heterocycles. The van der Waals surface area contributed by atoms with E-state index in [0.29, 0.717) is 6.42 Å². The van der Waals surface area contributed by atoms with Crippen molar-refractivity contribution >= 4 is 5.97 Å². The van der Waals surface area contributed by atoms with Crippen LogP contribution >= 0.6 is 0 Å². The average molecular weight is 264 g/mol. The first-order chi connectivity index (χ1) is 9.16. The van der Waals surface area contributed by atoms with Gasteiger partial charge in [0.1, 0.15) is 11.9 Å². The van der Waals surface area contributed by atoms with E-state index in [-0.39, 0.29) is 6.10 Å². The van der Waals surface area contributed by atoms with Crippen LogP contribution in [0.15, 0.2) is 24.3 Å². The molecule has 1 aromatic rings. The second-order valence-corrected chi connectivity index (χ2v) is 4.98. The fourth-order valence-electron chi connectivity index (χ4n) is 2.18. The molecule has 0 saturated carbocycles. The molecule has 1 aromatic carbocycles. The summed E-state index contributed by atoms with van der Waals surface area (Å²) in [5, 5.41) is 9.00. The van der Waals surface area contributed by atoms with Crippen LogP contribution in [0.3, 0.4) is 0 Å². The number of ether oxygens (including phenoxy) is 2. The standard InChI is InChI=1S/C15H20O4/c1-11(15(16)17)10-12-4-2-3-5-14(12)19-13-6-8-18-9-7-13/h2-5,11,13H,6-10H2,1H3,(H,16,17). The second-order valence-electron chi connectivity index (χ2n) is 4.98. The summed E-state index contributed by atoms with van der Waals surface area (Å²) in [5.74, 6) is -0.372. The van der Waals surface area contributed by atoms with E-state index in [1.165, 1.54) is 0 Å². The quantitative estimate of drug-likeness (QED) is 0.887. The fraction of sp³-hybridized carbons (Fsp3) is 0.533. The molecule has 1 unspecified atom stereocenters. The summed E-state index contributed by atoms with van der Waals surface area (Å²) in [4.78, 5) is 10.9. The maximum atomic E-state index is 10.9. The highest BCUT2D eigenvalue weighted by molar-refractivity contribution is 5.70. The van der Waals surface area contributed by atoms with Gasteiger partial charge in [0, 0.05) is 12.8 Å². The van der Waals surface area contributed by atoms with E-state index in [2.05, 4.69) is 0 Å². The zero-order chi connectivity index (χ0) is 13.7. The second kappa shape index (κ2) is 6.57. The van der Waals surface area contributed by atoms with Gasteiger partial charge in [-0.3, -0.25) is 4.79 Å². The molecule has 1 saturated heterocycles. The Balaban J connectivity index is 2.04. The molecule has 1 atom stereocenters.